The molecule has 1 N–H and O–H groups in total. The van der Waals surface area contributed by atoms with Gasteiger partial charge in [-0.15, -0.1) is 0 Å². The molecule has 2 rings (SSSR count). The van der Waals surface area contributed by atoms with Crippen LogP contribution in [0.3, 0.4) is 0 Å². The largest absolute Gasteiger partial charge is 0.495 e. The van der Waals surface area contributed by atoms with Crippen molar-refractivity contribution in [3.05, 3.63) is 59.1 Å². The Labute approximate surface area is 194 Å². The Kier molecular flexibility index (Phi) is 8.91. The number of halogens is 1. The fourth-order valence-corrected chi connectivity index (χ4v) is 4.38. The van der Waals surface area contributed by atoms with Crippen LogP contribution in [0.15, 0.2) is 48.5 Å². The molecule has 0 aliphatic heterocycles. The smallest absolute Gasteiger partial charge is 0.244 e. The first kappa shape index (κ1) is 25.5. The molecule has 10 heteroatoms. The molecule has 0 aliphatic carbocycles. The van der Waals surface area contributed by atoms with Crippen LogP contribution < -0.4 is 14.4 Å². The number of methoxy groups -OCH3 is 1. The molecular formula is C22H28ClN3O5S. The molecule has 174 valence electrons. The second kappa shape index (κ2) is 11.2. The van der Waals surface area contributed by atoms with Crippen molar-refractivity contribution in [3.8, 4) is 5.75 Å². The zero-order chi connectivity index (χ0) is 23.9. The summed E-state index contributed by atoms with van der Waals surface area (Å²) >= 11 is 6.29. The van der Waals surface area contributed by atoms with Crippen LogP contribution in [0.25, 0.3) is 0 Å². The topological polar surface area (TPSA) is 96.0 Å². The lowest BCUT2D eigenvalue weighted by Crippen LogP contribution is -2.51. The van der Waals surface area contributed by atoms with Crippen molar-refractivity contribution in [3.63, 3.8) is 0 Å². The summed E-state index contributed by atoms with van der Waals surface area (Å²) in [6.45, 7) is 1.33. The van der Waals surface area contributed by atoms with Crippen molar-refractivity contribution in [1.29, 1.82) is 0 Å². The van der Waals surface area contributed by atoms with Crippen molar-refractivity contribution in [1.82, 2.24) is 10.2 Å². The number of likely N-dealkylation sites (N-methyl/N-ethyl adjacent to an activating group) is 1. The molecule has 0 aliphatic rings. The van der Waals surface area contributed by atoms with Crippen molar-refractivity contribution >= 4 is 39.1 Å². The van der Waals surface area contributed by atoms with E-state index in [1.165, 1.54) is 19.1 Å². The molecule has 0 bridgehead atoms. The minimum absolute atomic E-state index is 0.0496. The van der Waals surface area contributed by atoms with Crippen LogP contribution in [0.2, 0.25) is 5.02 Å². The highest BCUT2D eigenvalue weighted by Crippen LogP contribution is 2.30. The van der Waals surface area contributed by atoms with Gasteiger partial charge in [-0.1, -0.05) is 48.9 Å². The van der Waals surface area contributed by atoms with E-state index in [0.717, 1.165) is 10.6 Å². The summed E-state index contributed by atoms with van der Waals surface area (Å²) in [5, 5.41) is 3.01. The fraction of sp³-hybridized carbons (Fsp3) is 0.364. The number of amides is 2. The van der Waals surface area contributed by atoms with E-state index >= 15 is 0 Å². The van der Waals surface area contributed by atoms with Crippen LogP contribution in [-0.2, 0) is 26.2 Å². The van der Waals surface area contributed by atoms with Crippen molar-refractivity contribution in [2.75, 3.05) is 31.3 Å². The van der Waals surface area contributed by atoms with Crippen LogP contribution in [0.5, 0.6) is 5.75 Å². The predicted octanol–water partition coefficient (Wildman–Crippen LogP) is 2.67. The molecule has 8 nitrogen and oxygen atoms in total. The Morgan fingerprint density at radius 1 is 1.12 bits per heavy atom. The molecule has 2 aromatic rings. The molecule has 0 unspecified atom stereocenters. The number of ether oxygens (including phenoxy) is 1. The van der Waals surface area contributed by atoms with Gasteiger partial charge in [-0.2, -0.15) is 0 Å². The van der Waals surface area contributed by atoms with Gasteiger partial charge in [0.05, 0.1) is 19.1 Å². The number of carbonyl (C=O) groups is 2. The Hall–Kier alpha value is -2.78. The highest BCUT2D eigenvalue weighted by Gasteiger charge is 2.32. The summed E-state index contributed by atoms with van der Waals surface area (Å²) in [6, 6.07) is 12.7. The summed E-state index contributed by atoms with van der Waals surface area (Å²) in [5.74, 6) is -0.588. The maximum Gasteiger partial charge on any atom is 0.244 e. The Morgan fingerprint density at radius 3 is 2.31 bits per heavy atom. The molecule has 0 aromatic heterocycles. The number of nitrogens with one attached hydrogen (secondary N) is 1. The maximum atomic E-state index is 13.5. The molecular weight excluding hydrogens is 454 g/mol. The third-order valence-corrected chi connectivity index (χ3v) is 6.46. The normalized spacial score (nSPS) is 12.0. The molecule has 0 saturated heterocycles. The monoisotopic (exact) mass is 481 g/mol. The first-order chi connectivity index (χ1) is 15.1. The highest BCUT2D eigenvalue weighted by molar-refractivity contribution is 7.92. The molecule has 0 fully saturated rings. The molecule has 0 spiro atoms. The van der Waals surface area contributed by atoms with E-state index in [1.54, 1.807) is 55.5 Å². The summed E-state index contributed by atoms with van der Waals surface area (Å²) in [7, 11) is -0.932. The van der Waals surface area contributed by atoms with Crippen LogP contribution >= 0.6 is 11.6 Å². The second-order valence-corrected chi connectivity index (χ2v) is 9.41. The van der Waals surface area contributed by atoms with Gasteiger partial charge in [0.2, 0.25) is 21.8 Å². The SMILES string of the molecule is CC[C@@H](C(=O)NC)N(Cc1ccccc1Cl)C(=O)CN(c1ccccc1OC)S(C)(=O)=O. The number of rotatable bonds is 10. The molecule has 32 heavy (non-hydrogen) atoms. The van der Waals surface area contributed by atoms with Crippen LogP contribution in [0, 0.1) is 0 Å². The number of sulfonamides is 1. The lowest BCUT2D eigenvalue weighted by Gasteiger charge is -2.33. The Morgan fingerprint density at radius 2 is 1.75 bits per heavy atom. The van der Waals surface area contributed by atoms with Gasteiger partial charge in [0, 0.05) is 18.6 Å². The van der Waals surface area contributed by atoms with E-state index in [4.69, 9.17) is 16.3 Å². The fourth-order valence-electron chi connectivity index (χ4n) is 3.33. The van der Waals surface area contributed by atoms with Crippen LogP contribution in [0.1, 0.15) is 18.9 Å². The van der Waals surface area contributed by atoms with Gasteiger partial charge >= 0.3 is 0 Å². The number of nitrogens with zero attached hydrogens (tertiary/aromatic N) is 2. The zero-order valence-corrected chi connectivity index (χ0v) is 20.1. The number of benzene rings is 2. The van der Waals surface area contributed by atoms with E-state index in [9.17, 15) is 18.0 Å². The Bertz CT molecular complexity index is 1060. The first-order valence-corrected chi connectivity index (χ1v) is 12.2. The number of hydrogen-bond acceptors (Lipinski definition) is 5. The summed E-state index contributed by atoms with van der Waals surface area (Å²) in [5.41, 5.74) is 0.879. The van der Waals surface area contributed by atoms with Gasteiger partial charge < -0.3 is 15.0 Å². The van der Waals surface area contributed by atoms with E-state index in [-0.39, 0.29) is 18.1 Å². The number of hydrogen-bond donors (Lipinski definition) is 1. The molecule has 0 radical (unpaired) electrons. The second-order valence-electron chi connectivity index (χ2n) is 7.09. The van der Waals surface area contributed by atoms with E-state index in [2.05, 4.69) is 5.32 Å². The zero-order valence-electron chi connectivity index (χ0n) is 18.5. The summed E-state index contributed by atoms with van der Waals surface area (Å²) < 4.78 is 31.5. The minimum atomic E-state index is -3.84. The number of carbonyl (C=O) groups excluding carboxylic acids is 2. The highest BCUT2D eigenvalue weighted by atomic mass is 35.5. The van der Waals surface area contributed by atoms with Gasteiger partial charge in [-0.3, -0.25) is 13.9 Å². The van der Waals surface area contributed by atoms with E-state index in [0.29, 0.717) is 22.8 Å². The Balaban J connectivity index is 2.48. The third kappa shape index (κ3) is 6.14. The average molecular weight is 482 g/mol. The first-order valence-electron chi connectivity index (χ1n) is 9.99. The lowest BCUT2D eigenvalue weighted by atomic mass is 10.1. The van der Waals surface area contributed by atoms with Gasteiger partial charge in [0.1, 0.15) is 18.3 Å². The lowest BCUT2D eigenvalue weighted by molar-refractivity contribution is -0.140. The summed E-state index contributed by atoms with van der Waals surface area (Å²) in [4.78, 5) is 27.3. The number of para-hydroxylation sites is 2. The predicted molar refractivity (Wildman–Crippen MR) is 125 cm³/mol. The summed E-state index contributed by atoms with van der Waals surface area (Å²) in [6.07, 6.45) is 1.35. The van der Waals surface area contributed by atoms with Crippen LogP contribution in [-0.4, -0.2) is 58.1 Å². The molecule has 0 saturated carbocycles. The van der Waals surface area contributed by atoms with Crippen molar-refractivity contribution < 1.29 is 22.7 Å². The molecule has 0 heterocycles. The van der Waals surface area contributed by atoms with Gasteiger partial charge in [0.25, 0.3) is 0 Å². The van der Waals surface area contributed by atoms with E-state index in [1.807, 2.05) is 0 Å². The standard InChI is InChI=1S/C22H28ClN3O5S/c1-5-18(22(28)24-2)25(14-16-10-6-7-11-17(16)23)21(27)15-26(32(4,29)30)19-12-8-9-13-20(19)31-3/h6-13,18H,5,14-15H2,1-4H3,(H,24,28)/t18-/m0/s1. The molecule has 2 amide bonds. The molecule has 1 atom stereocenters. The number of anilines is 1. The quantitative estimate of drug-likeness (QED) is 0.562. The van der Waals surface area contributed by atoms with Crippen molar-refractivity contribution in [2.45, 2.75) is 25.9 Å². The van der Waals surface area contributed by atoms with Gasteiger partial charge in [0.15, 0.2) is 0 Å². The van der Waals surface area contributed by atoms with E-state index < -0.39 is 28.5 Å². The van der Waals surface area contributed by atoms with Gasteiger partial charge in [-0.05, 0) is 30.2 Å². The minimum Gasteiger partial charge on any atom is -0.495 e. The third-order valence-electron chi connectivity index (χ3n) is 4.96. The molecule has 2 aromatic carbocycles. The van der Waals surface area contributed by atoms with Crippen LogP contribution in [0.4, 0.5) is 5.69 Å². The van der Waals surface area contributed by atoms with Crippen molar-refractivity contribution in [2.24, 2.45) is 0 Å². The maximum absolute atomic E-state index is 13.5. The average Bonchev–Trinajstić information content (AvgIpc) is 2.77. The van der Waals surface area contributed by atoms with Gasteiger partial charge in [-0.25, -0.2) is 8.42 Å².